The number of aldehydes is 1. The first-order chi connectivity index (χ1) is 8.04. The van der Waals surface area contributed by atoms with Crippen molar-refractivity contribution in [1.29, 1.82) is 0 Å². The van der Waals surface area contributed by atoms with Gasteiger partial charge in [-0.3, -0.25) is 19.7 Å². The summed E-state index contributed by atoms with van der Waals surface area (Å²) in [6, 6.07) is 2.33. The second kappa shape index (κ2) is 5.40. The van der Waals surface area contributed by atoms with E-state index in [9.17, 15) is 19.7 Å². The first kappa shape index (κ1) is 13.1. The van der Waals surface area contributed by atoms with E-state index in [0.717, 1.165) is 6.07 Å². The zero-order valence-corrected chi connectivity index (χ0v) is 9.56. The number of nitro benzene ring substituents is 1. The molecule has 0 fully saturated rings. The second-order valence-corrected chi connectivity index (χ2v) is 3.31. The van der Waals surface area contributed by atoms with E-state index in [4.69, 9.17) is 16.3 Å². The van der Waals surface area contributed by atoms with Gasteiger partial charge in [-0.25, -0.2) is 0 Å². The highest BCUT2D eigenvalue weighted by Crippen LogP contribution is 2.28. The number of ether oxygens (including phenoxy) is 1. The van der Waals surface area contributed by atoms with Crippen LogP contribution in [0.15, 0.2) is 12.1 Å². The number of nitrogens with zero attached hydrogens (tertiary/aromatic N) is 1. The van der Waals surface area contributed by atoms with Gasteiger partial charge in [0.1, 0.15) is 11.3 Å². The molecule has 0 saturated heterocycles. The van der Waals surface area contributed by atoms with E-state index in [2.05, 4.69) is 0 Å². The van der Waals surface area contributed by atoms with Gasteiger partial charge >= 0.3 is 0 Å². The smallest absolute Gasteiger partial charge is 0.284 e. The van der Waals surface area contributed by atoms with Gasteiger partial charge in [0.15, 0.2) is 12.1 Å². The van der Waals surface area contributed by atoms with Crippen molar-refractivity contribution in [3.05, 3.63) is 33.4 Å². The number of carbonyl (C=O) groups excluding carboxylic acids is 2. The number of hydrogen-bond donors (Lipinski definition) is 0. The Morgan fingerprint density at radius 1 is 1.59 bits per heavy atom. The number of halogens is 1. The molecule has 0 aliphatic rings. The predicted octanol–water partition coefficient (Wildman–Crippen LogP) is 1.84. The summed E-state index contributed by atoms with van der Waals surface area (Å²) in [6.07, 6.45) is 0.356. The lowest BCUT2D eigenvalue weighted by Crippen LogP contribution is -2.09. The van der Waals surface area contributed by atoms with Crippen molar-refractivity contribution in [2.24, 2.45) is 0 Å². The minimum Gasteiger partial charge on any atom is -0.496 e. The molecule has 1 rings (SSSR count). The van der Waals surface area contributed by atoms with E-state index in [-0.39, 0.29) is 16.9 Å². The third-order valence-electron chi connectivity index (χ3n) is 2.08. The van der Waals surface area contributed by atoms with Gasteiger partial charge in [0, 0.05) is 5.56 Å². The Hall–Kier alpha value is -1.95. The van der Waals surface area contributed by atoms with Crippen molar-refractivity contribution in [2.75, 3.05) is 13.0 Å². The van der Waals surface area contributed by atoms with Crippen LogP contribution in [0.1, 0.15) is 20.7 Å². The minimum atomic E-state index is -0.755. The molecule has 0 atom stereocenters. The molecular formula is C10H8ClNO5. The lowest BCUT2D eigenvalue weighted by atomic mass is 10.0. The molecule has 0 aliphatic carbocycles. The standard InChI is InChI=1S/C10H8ClNO5/c1-17-7-2-6(5-13)10(9(14)4-11)8(3-7)12(15)16/h2-3,5H,4H2,1H3. The van der Waals surface area contributed by atoms with E-state index in [0.29, 0.717) is 6.29 Å². The molecule has 90 valence electrons. The predicted molar refractivity (Wildman–Crippen MR) is 60.1 cm³/mol. The normalized spacial score (nSPS) is 9.76. The summed E-state index contributed by atoms with van der Waals surface area (Å²) in [6.45, 7) is 0. The van der Waals surface area contributed by atoms with E-state index in [1.165, 1.54) is 13.2 Å². The van der Waals surface area contributed by atoms with Gasteiger partial charge in [-0.2, -0.15) is 0 Å². The van der Waals surface area contributed by atoms with Crippen molar-refractivity contribution in [3.63, 3.8) is 0 Å². The highest BCUT2D eigenvalue weighted by atomic mass is 35.5. The first-order valence-corrected chi connectivity index (χ1v) is 4.99. The van der Waals surface area contributed by atoms with E-state index in [1.807, 2.05) is 0 Å². The molecule has 7 heteroatoms. The number of hydrogen-bond acceptors (Lipinski definition) is 5. The van der Waals surface area contributed by atoms with Crippen LogP contribution in [0.5, 0.6) is 5.75 Å². The van der Waals surface area contributed by atoms with Crippen LogP contribution in [0.2, 0.25) is 0 Å². The Morgan fingerprint density at radius 3 is 2.65 bits per heavy atom. The third-order valence-corrected chi connectivity index (χ3v) is 2.32. The van der Waals surface area contributed by atoms with Crippen molar-refractivity contribution in [2.45, 2.75) is 0 Å². The fraction of sp³-hybridized carbons (Fsp3) is 0.200. The summed E-state index contributed by atoms with van der Waals surface area (Å²) >= 11 is 5.35. The number of carbonyl (C=O) groups is 2. The molecule has 0 heterocycles. The Kier molecular flexibility index (Phi) is 4.17. The quantitative estimate of drug-likeness (QED) is 0.264. The summed E-state index contributed by atoms with van der Waals surface area (Å²) in [7, 11) is 1.30. The van der Waals surface area contributed by atoms with Crippen molar-refractivity contribution in [1.82, 2.24) is 0 Å². The average Bonchev–Trinajstić information content (AvgIpc) is 2.35. The lowest BCUT2D eigenvalue weighted by molar-refractivity contribution is -0.385. The second-order valence-electron chi connectivity index (χ2n) is 3.04. The van der Waals surface area contributed by atoms with Crippen LogP contribution in [0.3, 0.4) is 0 Å². The lowest BCUT2D eigenvalue weighted by Gasteiger charge is -2.06. The van der Waals surface area contributed by atoms with Gasteiger partial charge in [0.2, 0.25) is 0 Å². The number of Topliss-reactive ketones (excluding diaryl/α,β-unsaturated/α-hetero) is 1. The highest BCUT2D eigenvalue weighted by Gasteiger charge is 2.24. The largest absolute Gasteiger partial charge is 0.496 e. The molecule has 0 saturated carbocycles. The van der Waals surface area contributed by atoms with E-state index < -0.39 is 22.3 Å². The Labute approximate surface area is 101 Å². The highest BCUT2D eigenvalue weighted by molar-refractivity contribution is 6.31. The van der Waals surface area contributed by atoms with Crippen molar-refractivity contribution in [3.8, 4) is 5.75 Å². The molecule has 0 unspecified atom stereocenters. The number of methoxy groups -OCH3 is 1. The SMILES string of the molecule is COc1cc(C=O)c(C(=O)CCl)c([N+](=O)[O-])c1. The number of rotatable bonds is 5. The van der Waals surface area contributed by atoms with E-state index >= 15 is 0 Å². The molecule has 17 heavy (non-hydrogen) atoms. The van der Waals surface area contributed by atoms with Gasteiger partial charge in [0.25, 0.3) is 5.69 Å². The summed E-state index contributed by atoms with van der Waals surface area (Å²) in [5, 5.41) is 10.8. The molecule has 0 amide bonds. The monoisotopic (exact) mass is 257 g/mol. The summed E-state index contributed by atoms with van der Waals surface area (Å²) in [5.74, 6) is -0.985. The molecule has 1 aromatic carbocycles. The molecule has 0 N–H and O–H groups in total. The fourth-order valence-electron chi connectivity index (χ4n) is 1.35. The van der Waals surface area contributed by atoms with Gasteiger partial charge in [-0.15, -0.1) is 11.6 Å². The van der Waals surface area contributed by atoms with Crippen molar-refractivity contribution < 1.29 is 19.2 Å². The molecule has 0 aromatic heterocycles. The van der Waals surface area contributed by atoms with Gasteiger partial charge < -0.3 is 4.74 Å². The van der Waals surface area contributed by atoms with E-state index in [1.54, 1.807) is 0 Å². The Bertz CT molecular complexity index is 486. The molecular weight excluding hydrogens is 250 g/mol. The number of nitro groups is 1. The maximum Gasteiger partial charge on any atom is 0.284 e. The maximum atomic E-state index is 11.5. The van der Waals surface area contributed by atoms with Crippen molar-refractivity contribution >= 4 is 29.4 Å². The summed E-state index contributed by atoms with van der Waals surface area (Å²) in [4.78, 5) is 32.4. The summed E-state index contributed by atoms with van der Waals surface area (Å²) in [5.41, 5.74) is -0.889. The molecule has 0 aliphatic heterocycles. The number of benzene rings is 1. The Morgan fingerprint density at radius 2 is 2.24 bits per heavy atom. The zero-order chi connectivity index (χ0) is 13.0. The van der Waals surface area contributed by atoms with Crippen LogP contribution in [0, 0.1) is 10.1 Å². The van der Waals surface area contributed by atoms with Crippen LogP contribution in [-0.4, -0.2) is 30.0 Å². The van der Waals surface area contributed by atoms with Crippen LogP contribution in [0.25, 0.3) is 0 Å². The maximum absolute atomic E-state index is 11.5. The average molecular weight is 258 g/mol. The van der Waals surface area contributed by atoms with Crippen LogP contribution < -0.4 is 4.74 Å². The summed E-state index contributed by atoms with van der Waals surface area (Å²) < 4.78 is 4.81. The fourth-order valence-corrected chi connectivity index (χ4v) is 1.48. The molecule has 0 radical (unpaired) electrons. The van der Waals surface area contributed by atoms with Crippen LogP contribution in [0.4, 0.5) is 5.69 Å². The molecule has 0 spiro atoms. The zero-order valence-electron chi connectivity index (χ0n) is 8.81. The third kappa shape index (κ3) is 2.59. The molecule has 1 aromatic rings. The first-order valence-electron chi connectivity index (χ1n) is 4.46. The van der Waals surface area contributed by atoms with Gasteiger partial charge in [-0.05, 0) is 6.07 Å². The molecule has 6 nitrogen and oxygen atoms in total. The molecule has 0 bridgehead atoms. The van der Waals surface area contributed by atoms with Gasteiger partial charge in [0.05, 0.1) is 24.0 Å². The van der Waals surface area contributed by atoms with Gasteiger partial charge in [-0.1, -0.05) is 0 Å². The number of ketones is 1. The van der Waals surface area contributed by atoms with Crippen LogP contribution >= 0.6 is 11.6 Å². The Balaban J connectivity index is 3.57. The minimum absolute atomic E-state index is 0.110. The number of alkyl halides is 1. The topological polar surface area (TPSA) is 86.5 Å². The van der Waals surface area contributed by atoms with Crippen LogP contribution in [-0.2, 0) is 0 Å².